The van der Waals surface area contributed by atoms with Crippen molar-refractivity contribution < 1.29 is 4.79 Å². The molecule has 0 saturated carbocycles. The van der Waals surface area contributed by atoms with E-state index in [2.05, 4.69) is 24.3 Å². The molecule has 1 fully saturated rings. The number of benzene rings is 2. The molecule has 3 heteroatoms. The van der Waals surface area contributed by atoms with E-state index in [-0.39, 0.29) is 5.91 Å². The molecule has 0 aromatic heterocycles. The summed E-state index contributed by atoms with van der Waals surface area (Å²) in [7, 11) is 0. The highest BCUT2D eigenvalue weighted by Crippen LogP contribution is 2.31. The highest BCUT2D eigenvalue weighted by atomic mass is 35.5. The SMILES string of the molecule is O=C1CCC(Cc2ccccc2)CN1c1ccccc1Cl. The van der Waals surface area contributed by atoms with Crippen LogP contribution in [-0.2, 0) is 11.2 Å². The molecule has 1 saturated heterocycles. The van der Waals surface area contributed by atoms with Gasteiger partial charge in [-0.25, -0.2) is 0 Å². The highest BCUT2D eigenvalue weighted by molar-refractivity contribution is 6.33. The number of hydrogen-bond donors (Lipinski definition) is 0. The van der Waals surface area contributed by atoms with Crippen LogP contribution in [0.15, 0.2) is 54.6 Å². The molecule has 0 bridgehead atoms. The van der Waals surface area contributed by atoms with E-state index in [1.165, 1.54) is 5.56 Å². The lowest BCUT2D eigenvalue weighted by Gasteiger charge is -2.33. The van der Waals surface area contributed by atoms with Crippen molar-refractivity contribution in [3.63, 3.8) is 0 Å². The Morgan fingerprint density at radius 2 is 1.76 bits per heavy atom. The van der Waals surface area contributed by atoms with E-state index >= 15 is 0 Å². The van der Waals surface area contributed by atoms with E-state index in [0.717, 1.165) is 25.1 Å². The molecule has 1 unspecified atom stereocenters. The molecule has 2 aromatic rings. The molecule has 1 heterocycles. The zero-order chi connectivity index (χ0) is 14.7. The number of para-hydroxylation sites is 1. The fourth-order valence-electron chi connectivity index (χ4n) is 2.93. The third-order valence-corrected chi connectivity index (χ3v) is 4.34. The minimum Gasteiger partial charge on any atom is -0.311 e. The number of piperidine rings is 1. The Hall–Kier alpha value is -1.80. The number of anilines is 1. The Morgan fingerprint density at radius 3 is 2.52 bits per heavy atom. The lowest BCUT2D eigenvalue weighted by atomic mass is 9.90. The number of carbonyl (C=O) groups excluding carboxylic acids is 1. The third-order valence-electron chi connectivity index (χ3n) is 4.02. The molecule has 0 N–H and O–H groups in total. The van der Waals surface area contributed by atoms with Crippen molar-refractivity contribution >= 4 is 23.2 Å². The van der Waals surface area contributed by atoms with E-state index < -0.39 is 0 Å². The summed E-state index contributed by atoms with van der Waals surface area (Å²) < 4.78 is 0. The topological polar surface area (TPSA) is 20.3 Å². The number of amides is 1. The molecule has 1 aliphatic rings. The standard InChI is InChI=1S/C18H18ClNO/c19-16-8-4-5-9-17(16)20-13-15(10-11-18(20)21)12-14-6-2-1-3-7-14/h1-9,15H,10-13H2. The maximum Gasteiger partial charge on any atom is 0.227 e. The monoisotopic (exact) mass is 299 g/mol. The first kappa shape index (κ1) is 14.2. The Morgan fingerprint density at radius 1 is 1.05 bits per heavy atom. The molecule has 1 atom stereocenters. The van der Waals surface area contributed by atoms with Gasteiger partial charge in [-0.3, -0.25) is 4.79 Å². The molecule has 108 valence electrons. The molecule has 3 rings (SSSR count). The van der Waals surface area contributed by atoms with E-state index in [1.54, 1.807) is 0 Å². The molecule has 0 aliphatic carbocycles. The maximum absolute atomic E-state index is 12.2. The van der Waals surface area contributed by atoms with Gasteiger partial charge in [0.2, 0.25) is 5.91 Å². The van der Waals surface area contributed by atoms with Crippen molar-refractivity contribution in [3.8, 4) is 0 Å². The summed E-state index contributed by atoms with van der Waals surface area (Å²) in [4.78, 5) is 14.1. The molecule has 2 nitrogen and oxygen atoms in total. The lowest BCUT2D eigenvalue weighted by Crippen LogP contribution is -2.40. The molecule has 21 heavy (non-hydrogen) atoms. The second-order valence-corrected chi connectivity index (χ2v) is 5.96. The van der Waals surface area contributed by atoms with Crippen LogP contribution >= 0.6 is 11.6 Å². The molecule has 2 aromatic carbocycles. The summed E-state index contributed by atoms with van der Waals surface area (Å²) >= 11 is 6.24. The van der Waals surface area contributed by atoms with Crippen LogP contribution in [0.5, 0.6) is 0 Å². The summed E-state index contributed by atoms with van der Waals surface area (Å²) in [6.07, 6.45) is 2.56. The largest absolute Gasteiger partial charge is 0.311 e. The van der Waals surface area contributed by atoms with Gasteiger partial charge in [0.25, 0.3) is 0 Å². The van der Waals surface area contributed by atoms with Gasteiger partial charge in [-0.15, -0.1) is 0 Å². The summed E-state index contributed by atoms with van der Waals surface area (Å²) in [6.45, 7) is 0.747. The molecule has 0 radical (unpaired) electrons. The van der Waals surface area contributed by atoms with Crippen molar-refractivity contribution in [2.24, 2.45) is 5.92 Å². The minimum atomic E-state index is 0.174. The van der Waals surface area contributed by atoms with E-state index in [9.17, 15) is 4.79 Å². The van der Waals surface area contributed by atoms with Crippen molar-refractivity contribution in [1.29, 1.82) is 0 Å². The average molecular weight is 300 g/mol. The zero-order valence-electron chi connectivity index (χ0n) is 11.8. The van der Waals surface area contributed by atoms with Crippen molar-refractivity contribution in [2.75, 3.05) is 11.4 Å². The van der Waals surface area contributed by atoms with Gasteiger partial charge >= 0.3 is 0 Å². The normalized spacial score (nSPS) is 18.8. The predicted octanol–water partition coefficient (Wildman–Crippen LogP) is 4.33. The van der Waals surface area contributed by atoms with Crippen LogP contribution < -0.4 is 4.90 Å². The maximum atomic E-state index is 12.2. The first-order chi connectivity index (χ1) is 10.2. The quantitative estimate of drug-likeness (QED) is 0.826. The van der Waals surface area contributed by atoms with Crippen molar-refractivity contribution in [2.45, 2.75) is 19.3 Å². The Labute approximate surface area is 130 Å². The first-order valence-corrected chi connectivity index (χ1v) is 7.70. The van der Waals surface area contributed by atoms with Gasteiger partial charge in [0, 0.05) is 13.0 Å². The van der Waals surface area contributed by atoms with E-state index in [0.29, 0.717) is 17.4 Å². The molecular weight excluding hydrogens is 282 g/mol. The van der Waals surface area contributed by atoms with Gasteiger partial charge in [0.1, 0.15) is 0 Å². The molecule has 0 spiro atoms. The molecule has 1 aliphatic heterocycles. The zero-order valence-corrected chi connectivity index (χ0v) is 12.6. The molecule has 1 amide bonds. The lowest BCUT2D eigenvalue weighted by molar-refractivity contribution is -0.120. The van der Waals surface area contributed by atoms with Gasteiger partial charge in [-0.2, -0.15) is 0 Å². The van der Waals surface area contributed by atoms with Crippen LogP contribution in [0.25, 0.3) is 0 Å². The second-order valence-electron chi connectivity index (χ2n) is 5.55. The number of halogens is 1. The summed E-state index contributed by atoms with van der Waals surface area (Å²) in [6, 6.07) is 18.0. The summed E-state index contributed by atoms with van der Waals surface area (Å²) in [5, 5.41) is 0.645. The smallest absolute Gasteiger partial charge is 0.227 e. The van der Waals surface area contributed by atoms with Gasteiger partial charge in [-0.05, 0) is 36.5 Å². The Balaban J connectivity index is 1.76. The minimum absolute atomic E-state index is 0.174. The van der Waals surface area contributed by atoms with Gasteiger partial charge in [0.15, 0.2) is 0 Å². The fourth-order valence-corrected chi connectivity index (χ4v) is 3.17. The van der Waals surface area contributed by atoms with E-state index in [4.69, 9.17) is 11.6 Å². The van der Waals surface area contributed by atoms with Crippen LogP contribution in [0, 0.1) is 5.92 Å². The number of carbonyl (C=O) groups is 1. The number of hydrogen-bond acceptors (Lipinski definition) is 1. The highest BCUT2D eigenvalue weighted by Gasteiger charge is 2.27. The van der Waals surface area contributed by atoms with Gasteiger partial charge in [0.05, 0.1) is 10.7 Å². The summed E-state index contributed by atoms with van der Waals surface area (Å²) in [5.74, 6) is 0.661. The third kappa shape index (κ3) is 3.27. The number of nitrogens with zero attached hydrogens (tertiary/aromatic N) is 1. The van der Waals surface area contributed by atoms with Crippen LogP contribution in [0.2, 0.25) is 5.02 Å². The predicted molar refractivity (Wildman–Crippen MR) is 86.7 cm³/mol. The summed E-state index contributed by atoms with van der Waals surface area (Å²) in [5.41, 5.74) is 2.16. The molecular formula is C18H18ClNO. The first-order valence-electron chi connectivity index (χ1n) is 7.33. The Kier molecular flexibility index (Phi) is 4.26. The second kappa shape index (κ2) is 6.31. The average Bonchev–Trinajstić information content (AvgIpc) is 2.51. The van der Waals surface area contributed by atoms with Gasteiger partial charge in [-0.1, -0.05) is 54.1 Å². The number of rotatable bonds is 3. The van der Waals surface area contributed by atoms with Crippen LogP contribution in [-0.4, -0.2) is 12.5 Å². The van der Waals surface area contributed by atoms with Gasteiger partial charge < -0.3 is 4.90 Å². The van der Waals surface area contributed by atoms with Crippen LogP contribution in [0.1, 0.15) is 18.4 Å². The van der Waals surface area contributed by atoms with Crippen LogP contribution in [0.3, 0.4) is 0 Å². The van der Waals surface area contributed by atoms with Crippen molar-refractivity contribution in [3.05, 3.63) is 65.2 Å². The van der Waals surface area contributed by atoms with Crippen molar-refractivity contribution in [1.82, 2.24) is 0 Å². The van der Waals surface area contributed by atoms with E-state index in [1.807, 2.05) is 35.2 Å². The Bertz CT molecular complexity index is 626. The fraction of sp³-hybridized carbons (Fsp3) is 0.278. The van der Waals surface area contributed by atoms with Crippen LogP contribution in [0.4, 0.5) is 5.69 Å².